The van der Waals surface area contributed by atoms with Crippen LogP contribution < -0.4 is 5.32 Å². The standard InChI is InChI=1S/C12H22N2O/c1-5-12(4)10(15)14(8-13-12)7-9-6-11(9,2)3/h9,13H,5-8H2,1-4H3. The van der Waals surface area contributed by atoms with E-state index in [9.17, 15) is 4.79 Å². The summed E-state index contributed by atoms with van der Waals surface area (Å²) in [6.07, 6.45) is 2.13. The Labute approximate surface area is 92.2 Å². The molecule has 1 aliphatic heterocycles. The highest BCUT2D eigenvalue weighted by molar-refractivity contribution is 5.87. The number of nitrogens with zero attached hydrogens (tertiary/aromatic N) is 1. The maximum Gasteiger partial charge on any atom is 0.243 e. The molecule has 15 heavy (non-hydrogen) atoms. The Morgan fingerprint density at radius 2 is 2.07 bits per heavy atom. The summed E-state index contributed by atoms with van der Waals surface area (Å²) in [5.41, 5.74) is 0.157. The van der Waals surface area contributed by atoms with Crippen molar-refractivity contribution in [3.63, 3.8) is 0 Å². The second-order valence-electron chi connectivity index (χ2n) is 5.94. The van der Waals surface area contributed by atoms with Crippen LogP contribution in [0.25, 0.3) is 0 Å². The first kappa shape index (κ1) is 10.9. The Kier molecular flexibility index (Phi) is 2.34. The predicted octanol–water partition coefficient (Wildman–Crippen LogP) is 1.59. The second kappa shape index (κ2) is 3.21. The van der Waals surface area contributed by atoms with Crippen molar-refractivity contribution in [2.45, 2.75) is 46.1 Å². The molecule has 3 heteroatoms. The Hall–Kier alpha value is -0.570. The maximum absolute atomic E-state index is 12.1. The van der Waals surface area contributed by atoms with Crippen LogP contribution in [0.5, 0.6) is 0 Å². The first-order valence-electron chi connectivity index (χ1n) is 5.93. The predicted molar refractivity (Wildman–Crippen MR) is 60.3 cm³/mol. The number of hydrogen-bond donors (Lipinski definition) is 1. The minimum Gasteiger partial charge on any atom is -0.328 e. The molecule has 2 aliphatic rings. The Bertz CT molecular complexity index is 287. The van der Waals surface area contributed by atoms with Crippen molar-refractivity contribution in [3.05, 3.63) is 0 Å². The van der Waals surface area contributed by atoms with E-state index in [1.807, 2.05) is 11.8 Å². The third kappa shape index (κ3) is 1.78. The summed E-state index contributed by atoms with van der Waals surface area (Å²) in [5.74, 6) is 0.996. The lowest BCUT2D eigenvalue weighted by Gasteiger charge is -2.21. The molecule has 1 aliphatic carbocycles. The first-order chi connectivity index (χ1) is 6.89. The molecule has 0 aromatic carbocycles. The molecule has 0 aromatic heterocycles. The molecule has 0 bridgehead atoms. The number of carbonyl (C=O) groups is 1. The molecule has 3 nitrogen and oxygen atoms in total. The number of nitrogens with one attached hydrogen (secondary N) is 1. The van der Waals surface area contributed by atoms with Gasteiger partial charge in [0.2, 0.25) is 5.91 Å². The molecule has 2 atom stereocenters. The zero-order valence-electron chi connectivity index (χ0n) is 10.3. The fraction of sp³-hybridized carbons (Fsp3) is 0.917. The van der Waals surface area contributed by atoms with E-state index in [2.05, 4.69) is 26.1 Å². The van der Waals surface area contributed by atoms with Gasteiger partial charge in [-0.15, -0.1) is 0 Å². The van der Waals surface area contributed by atoms with Crippen LogP contribution in [-0.4, -0.2) is 29.6 Å². The van der Waals surface area contributed by atoms with Crippen molar-refractivity contribution in [1.29, 1.82) is 0 Å². The summed E-state index contributed by atoms with van der Waals surface area (Å²) in [5, 5.41) is 3.32. The number of amides is 1. The van der Waals surface area contributed by atoms with Gasteiger partial charge in [-0.05, 0) is 31.1 Å². The summed E-state index contributed by atoms with van der Waals surface area (Å²) in [7, 11) is 0. The molecule has 2 rings (SSSR count). The number of carbonyl (C=O) groups excluding carboxylic acids is 1. The molecule has 1 N–H and O–H groups in total. The molecular weight excluding hydrogens is 188 g/mol. The van der Waals surface area contributed by atoms with Crippen molar-refractivity contribution in [1.82, 2.24) is 10.2 Å². The average molecular weight is 210 g/mol. The van der Waals surface area contributed by atoms with Gasteiger partial charge < -0.3 is 4.90 Å². The van der Waals surface area contributed by atoms with Crippen LogP contribution in [0, 0.1) is 11.3 Å². The monoisotopic (exact) mass is 210 g/mol. The fourth-order valence-electron chi connectivity index (χ4n) is 2.34. The smallest absolute Gasteiger partial charge is 0.243 e. The van der Waals surface area contributed by atoms with Crippen LogP contribution in [0.3, 0.4) is 0 Å². The summed E-state index contributed by atoms with van der Waals surface area (Å²) in [4.78, 5) is 14.1. The highest BCUT2D eigenvalue weighted by atomic mass is 16.2. The third-order valence-corrected chi connectivity index (χ3v) is 4.28. The minimum absolute atomic E-state index is 0.285. The van der Waals surface area contributed by atoms with Crippen LogP contribution in [0.15, 0.2) is 0 Å². The largest absolute Gasteiger partial charge is 0.328 e. The van der Waals surface area contributed by atoms with Gasteiger partial charge >= 0.3 is 0 Å². The van der Waals surface area contributed by atoms with E-state index in [1.165, 1.54) is 6.42 Å². The van der Waals surface area contributed by atoms with Gasteiger partial charge in [-0.25, -0.2) is 0 Å². The van der Waals surface area contributed by atoms with Gasteiger partial charge in [-0.2, -0.15) is 0 Å². The van der Waals surface area contributed by atoms with Crippen LogP contribution >= 0.6 is 0 Å². The number of hydrogen-bond acceptors (Lipinski definition) is 2. The van der Waals surface area contributed by atoms with E-state index in [4.69, 9.17) is 0 Å². The zero-order valence-corrected chi connectivity index (χ0v) is 10.3. The van der Waals surface area contributed by atoms with Gasteiger partial charge in [0.15, 0.2) is 0 Å². The topological polar surface area (TPSA) is 32.3 Å². The van der Waals surface area contributed by atoms with Gasteiger partial charge in [0, 0.05) is 6.54 Å². The molecule has 2 unspecified atom stereocenters. The Balaban J connectivity index is 1.94. The van der Waals surface area contributed by atoms with Gasteiger partial charge in [0.05, 0.1) is 12.2 Å². The summed E-state index contributed by atoms with van der Waals surface area (Å²) in [6, 6.07) is 0. The van der Waals surface area contributed by atoms with Crippen molar-refractivity contribution in [2.75, 3.05) is 13.2 Å². The lowest BCUT2D eigenvalue weighted by molar-refractivity contribution is -0.132. The quantitative estimate of drug-likeness (QED) is 0.767. The van der Waals surface area contributed by atoms with E-state index >= 15 is 0 Å². The van der Waals surface area contributed by atoms with Crippen molar-refractivity contribution in [2.24, 2.45) is 11.3 Å². The molecule has 0 aromatic rings. The Morgan fingerprint density at radius 3 is 2.47 bits per heavy atom. The maximum atomic E-state index is 12.1. The highest BCUT2D eigenvalue weighted by Gasteiger charge is 2.49. The molecule has 1 saturated carbocycles. The van der Waals surface area contributed by atoms with Gasteiger partial charge in [0.1, 0.15) is 0 Å². The summed E-state index contributed by atoms with van der Waals surface area (Å²) >= 11 is 0. The Morgan fingerprint density at radius 1 is 1.47 bits per heavy atom. The molecule has 1 amide bonds. The van der Waals surface area contributed by atoms with E-state index in [1.54, 1.807) is 0 Å². The third-order valence-electron chi connectivity index (χ3n) is 4.28. The van der Waals surface area contributed by atoms with Crippen molar-refractivity contribution >= 4 is 5.91 Å². The van der Waals surface area contributed by atoms with Crippen LogP contribution in [0.1, 0.15) is 40.5 Å². The van der Waals surface area contributed by atoms with Crippen LogP contribution in [-0.2, 0) is 4.79 Å². The number of rotatable bonds is 3. The first-order valence-corrected chi connectivity index (χ1v) is 5.93. The molecule has 1 heterocycles. The summed E-state index contributed by atoms with van der Waals surface area (Å²) < 4.78 is 0. The molecule has 86 valence electrons. The zero-order chi connectivity index (χ0) is 11.3. The summed E-state index contributed by atoms with van der Waals surface area (Å²) in [6.45, 7) is 10.3. The molecule has 2 fully saturated rings. The normalized spacial score (nSPS) is 38.5. The highest BCUT2D eigenvalue weighted by Crippen LogP contribution is 2.52. The van der Waals surface area contributed by atoms with Gasteiger partial charge in [-0.1, -0.05) is 20.8 Å². The van der Waals surface area contributed by atoms with Crippen molar-refractivity contribution in [3.8, 4) is 0 Å². The lowest BCUT2D eigenvalue weighted by atomic mass is 9.99. The van der Waals surface area contributed by atoms with Gasteiger partial charge in [0.25, 0.3) is 0 Å². The second-order valence-corrected chi connectivity index (χ2v) is 5.94. The lowest BCUT2D eigenvalue weighted by Crippen LogP contribution is -2.43. The van der Waals surface area contributed by atoms with Gasteiger partial charge in [-0.3, -0.25) is 10.1 Å². The van der Waals surface area contributed by atoms with E-state index in [-0.39, 0.29) is 11.4 Å². The molecule has 0 spiro atoms. The minimum atomic E-state index is -0.307. The van der Waals surface area contributed by atoms with E-state index in [0.29, 0.717) is 11.3 Å². The average Bonchev–Trinajstić information content (AvgIpc) is 2.68. The molecule has 0 radical (unpaired) electrons. The van der Waals surface area contributed by atoms with Crippen molar-refractivity contribution < 1.29 is 4.79 Å². The SMILES string of the molecule is CCC1(C)NCN(CC2CC2(C)C)C1=O. The van der Waals surface area contributed by atoms with E-state index in [0.717, 1.165) is 19.6 Å². The fourth-order valence-corrected chi connectivity index (χ4v) is 2.34. The van der Waals surface area contributed by atoms with E-state index < -0.39 is 0 Å². The van der Waals surface area contributed by atoms with Crippen LogP contribution in [0.2, 0.25) is 0 Å². The molecule has 1 saturated heterocycles. The molecular formula is C12H22N2O. The van der Waals surface area contributed by atoms with Crippen LogP contribution in [0.4, 0.5) is 0 Å².